The lowest BCUT2D eigenvalue weighted by Gasteiger charge is -2.43. The monoisotopic (exact) mass is 685 g/mol. The van der Waals surface area contributed by atoms with Gasteiger partial charge < -0.3 is 39.3 Å². The van der Waals surface area contributed by atoms with Crippen molar-refractivity contribution in [3.05, 3.63) is 59.4 Å². The Kier molecular flexibility index (Phi) is 9.76. The van der Waals surface area contributed by atoms with Crippen molar-refractivity contribution in [3.8, 4) is 0 Å². The summed E-state index contributed by atoms with van der Waals surface area (Å²) in [6, 6.07) is 12.3. The SMILES string of the molecule is Cc1cc(C[C@@H](OC(=O)N2CCC(N3CCc4ccccc4NC3=O)CC2)C(=O)N2CCC(N3CCC(C)(O)CC3)CC2)cc2ncn(C)c12. The van der Waals surface area contributed by atoms with E-state index in [1.165, 1.54) is 0 Å². The fourth-order valence-electron chi connectivity index (χ4n) is 8.43. The highest BCUT2D eigenvalue weighted by atomic mass is 16.6. The molecule has 4 aliphatic rings. The Balaban J connectivity index is 1.00. The van der Waals surface area contributed by atoms with Gasteiger partial charge in [0, 0.05) is 77.1 Å². The maximum Gasteiger partial charge on any atom is 0.410 e. The summed E-state index contributed by atoms with van der Waals surface area (Å²) in [5.74, 6) is -0.159. The summed E-state index contributed by atoms with van der Waals surface area (Å²) in [6.07, 6.45) is 5.92. The van der Waals surface area contributed by atoms with Crippen molar-refractivity contribution in [3.63, 3.8) is 0 Å². The molecular formula is C38H51N7O5. The second-order valence-corrected chi connectivity index (χ2v) is 15.1. The Bertz CT molecular complexity index is 1710. The zero-order valence-corrected chi connectivity index (χ0v) is 29.6. The van der Waals surface area contributed by atoms with Gasteiger partial charge in [-0.05, 0) is 87.6 Å². The van der Waals surface area contributed by atoms with Gasteiger partial charge in [-0.1, -0.05) is 24.3 Å². The number of amides is 4. The fourth-order valence-corrected chi connectivity index (χ4v) is 8.43. The number of para-hydroxylation sites is 1. The topological polar surface area (TPSA) is 123 Å². The van der Waals surface area contributed by atoms with E-state index in [9.17, 15) is 19.5 Å². The smallest absolute Gasteiger partial charge is 0.410 e. The molecule has 3 saturated heterocycles. The van der Waals surface area contributed by atoms with Gasteiger partial charge >= 0.3 is 12.1 Å². The summed E-state index contributed by atoms with van der Waals surface area (Å²) in [5.41, 5.74) is 5.25. The minimum absolute atomic E-state index is 0.0196. The summed E-state index contributed by atoms with van der Waals surface area (Å²) < 4.78 is 8.12. The van der Waals surface area contributed by atoms with Crippen molar-refractivity contribution in [1.82, 2.24) is 29.2 Å². The van der Waals surface area contributed by atoms with Crippen LogP contribution in [0.25, 0.3) is 11.0 Å². The van der Waals surface area contributed by atoms with E-state index in [0.29, 0.717) is 51.6 Å². The van der Waals surface area contributed by atoms with Crippen LogP contribution in [0.5, 0.6) is 0 Å². The number of hydrogen-bond donors (Lipinski definition) is 2. The normalized spacial score (nSPS) is 21.4. The van der Waals surface area contributed by atoms with Crippen LogP contribution in [0.4, 0.5) is 15.3 Å². The van der Waals surface area contributed by atoms with E-state index < -0.39 is 17.8 Å². The molecule has 1 atom stereocenters. The molecule has 5 heterocycles. The molecule has 0 unspecified atom stereocenters. The van der Waals surface area contributed by atoms with Crippen molar-refractivity contribution < 1.29 is 24.2 Å². The number of rotatable bonds is 6. The third-order valence-corrected chi connectivity index (χ3v) is 11.5. The number of piperidine rings is 3. The number of anilines is 1. The van der Waals surface area contributed by atoms with Crippen molar-refractivity contribution in [2.75, 3.05) is 51.1 Å². The van der Waals surface area contributed by atoms with Gasteiger partial charge in [-0.25, -0.2) is 14.6 Å². The lowest BCUT2D eigenvalue weighted by Crippen LogP contribution is -2.54. The van der Waals surface area contributed by atoms with Crippen molar-refractivity contribution >= 4 is 34.8 Å². The van der Waals surface area contributed by atoms with Crippen molar-refractivity contribution in [2.45, 2.75) is 89.0 Å². The predicted molar refractivity (Wildman–Crippen MR) is 191 cm³/mol. The molecule has 0 bridgehead atoms. The van der Waals surface area contributed by atoms with Crippen LogP contribution in [0, 0.1) is 6.92 Å². The molecule has 268 valence electrons. The number of benzene rings is 2. The lowest BCUT2D eigenvalue weighted by molar-refractivity contribution is -0.142. The van der Waals surface area contributed by atoms with E-state index in [1.807, 2.05) is 65.6 Å². The highest BCUT2D eigenvalue weighted by molar-refractivity contribution is 5.91. The fraction of sp³-hybridized carbons (Fsp3) is 0.579. The maximum atomic E-state index is 14.2. The molecule has 0 saturated carbocycles. The van der Waals surface area contributed by atoms with Crippen molar-refractivity contribution in [1.29, 1.82) is 0 Å². The van der Waals surface area contributed by atoms with Gasteiger partial charge in [0.05, 0.1) is 23.0 Å². The number of urea groups is 1. The minimum atomic E-state index is -0.961. The Hall–Kier alpha value is -4.16. The highest BCUT2D eigenvalue weighted by Gasteiger charge is 2.37. The van der Waals surface area contributed by atoms with Gasteiger partial charge in [0.1, 0.15) is 0 Å². The first kappa shape index (κ1) is 34.3. The Labute approximate surface area is 294 Å². The van der Waals surface area contributed by atoms with E-state index in [0.717, 1.165) is 78.6 Å². The second-order valence-electron chi connectivity index (χ2n) is 15.1. The molecule has 2 aromatic carbocycles. The zero-order chi connectivity index (χ0) is 35.0. The van der Waals surface area contributed by atoms with Crippen LogP contribution in [-0.4, -0.2) is 122 Å². The van der Waals surface area contributed by atoms with E-state index in [4.69, 9.17) is 4.74 Å². The minimum Gasteiger partial charge on any atom is -0.436 e. The first-order valence-electron chi connectivity index (χ1n) is 18.3. The van der Waals surface area contributed by atoms with Crippen LogP contribution in [0.15, 0.2) is 42.7 Å². The Morgan fingerprint density at radius 3 is 2.40 bits per heavy atom. The third kappa shape index (κ3) is 7.32. The first-order chi connectivity index (χ1) is 24.0. The molecule has 0 spiro atoms. The van der Waals surface area contributed by atoms with Gasteiger partial charge in [-0.15, -0.1) is 0 Å². The van der Waals surface area contributed by atoms with Gasteiger partial charge in [0.15, 0.2) is 6.10 Å². The molecule has 4 amide bonds. The summed E-state index contributed by atoms with van der Waals surface area (Å²) in [6.45, 7) is 8.44. The average molecular weight is 686 g/mol. The summed E-state index contributed by atoms with van der Waals surface area (Å²) >= 11 is 0. The van der Waals surface area contributed by atoms with Crippen LogP contribution in [0.2, 0.25) is 0 Å². The zero-order valence-electron chi connectivity index (χ0n) is 29.6. The van der Waals surface area contributed by atoms with Crippen molar-refractivity contribution in [2.24, 2.45) is 7.05 Å². The first-order valence-corrected chi connectivity index (χ1v) is 18.3. The van der Waals surface area contributed by atoms with Gasteiger partial charge in [0.2, 0.25) is 0 Å². The number of carbonyl (C=O) groups excluding carboxylic acids is 3. The van der Waals surface area contributed by atoms with E-state index >= 15 is 0 Å². The van der Waals surface area contributed by atoms with Gasteiger partial charge in [0.25, 0.3) is 5.91 Å². The Morgan fingerprint density at radius 1 is 0.980 bits per heavy atom. The summed E-state index contributed by atoms with van der Waals surface area (Å²) in [7, 11) is 1.97. The molecule has 2 N–H and O–H groups in total. The van der Waals surface area contributed by atoms with E-state index in [-0.39, 0.29) is 24.4 Å². The quantitative estimate of drug-likeness (QED) is 0.396. The molecule has 12 heteroatoms. The van der Waals surface area contributed by atoms with Crippen LogP contribution in [0.3, 0.4) is 0 Å². The van der Waals surface area contributed by atoms with Crippen LogP contribution in [-0.2, 0) is 29.4 Å². The molecule has 4 aliphatic heterocycles. The van der Waals surface area contributed by atoms with E-state index in [1.54, 1.807) is 11.2 Å². The number of nitrogens with one attached hydrogen (secondary N) is 1. The highest BCUT2D eigenvalue weighted by Crippen LogP contribution is 2.29. The lowest BCUT2D eigenvalue weighted by atomic mass is 9.91. The standard InChI is InChI=1S/C38H51N7O5/c1-26-22-27(23-32-34(26)41(3)25-39-32)24-33(35(46)43-15-9-29(10-16-43)42-20-13-38(2,49)14-21-42)50-37(48)44-17-11-30(12-18-44)45-19-8-28-6-4-5-7-31(28)40-36(45)47/h4-7,22-23,25,29-30,33,49H,8-21,24H2,1-3H3,(H,40,47)/t33-/m1/s1. The molecule has 7 rings (SSSR count). The number of hydrogen-bond acceptors (Lipinski definition) is 7. The van der Waals surface area contributed by atoms with Gasteiger partial charge in [-0.3, -0.25) is 4.79 Å². The number of aromatic nitrogens is 2. The molecule has 3 aromatic rings. The van der Waals surface area contributed by atoms with Crippen LogP contribution < -0.4 is 5.32 Å². The summed E-state index contributed by atoms with van der Waals surface area (Å²) in [5, 5.41) is 13.5. The molecule has 3 fully saturated rings. The molecule has 0 radical (unpaired) electrons. The average Bonchev–Trinajstić information content (AvgIpc) is 3.40. The number of imidazole rings is 1. The summed E-state index contributed by atoms with van der Waals surface area (Å²) in [4.78, 5) is 53.5. The number of carbonyl (C=O) groups is 3. The largest absolute Gasteiger partial charge is 0.436 e. The van der Waals surface area contributed by atoms with Crippen LogP contribution in [0.1, 0.15) is 62.1 Å². The molecule has 12 nitrogen and oxygen atoms in total. The Morgan fingerprint density at radius 2 is 1.66 bits per heavy atom. The third-order valence-electron chi connectivity index (χ3n) is 11.5. The molecule has 1 aromatic heterocycles. The number of likely N-dealkylation sites (tertiary alicyclic amines) is 3. The predicted octanol–water partition coefficient (Wildman–Crippen LogP) is 4.32. The van der Waals surface area contributed by atoms with Gasteiger partial charge in [-0.2, -0.15) is 0 Å². The number of nitrogens with zero attached hydrogens (tertiary/aromatic N) is 6. The van der Waals surface area contributed by atoms with Crippen LogP contribution >= 0.6 is 0 Å². The number of aliphatic hydroxyl groups is 1. The molecular weight excluding hydrogens is 634 g/mol. The molecule has 50 heavy (non-hydrogen) atoms. The number of aryl methyl sites for hydroxylation is 2. The molecule has 0 aliphatic carbocycles. The second kappa shape index (κ2) is 14.2. The number of ether oxygens (including phenoxy) is 1. The number of fused-ring (bicyclic) bond motifs is 2. The van der Waals surface area contributed by atoms with E-state index in [2.05, 4.69) is 21.3 Å². The maximum absolute atomic E-state index is 14.2.